The van der Waals surface area contributed by atoms with Crippen molar-refractivity contribution in [3.05, 3.63) is 95.0 Å². The Morgan fingerprint density at radius 3 is 2.68 bits per heavy atom. The van der Waals surface area contributed by atoms with Crippen LogP contribution in [0.3, 0.4) is 0 Å². The molecule has 28 heavy (non-hydrogen) atoms. The molecule has 0 bridgehead atoms. The predicted molar refractivity (Wildman–Crippen MR) is 110 cm³/mol. The number of pyridine rings is 2. The molecule has 5 heteroatoms. The van der Waals surface area contributed by atoms with Crippen LogP contribution in [0.4, 0.5) is 0 Å². The Bertz CT molecular complexity index is 1220. The predicted octanol–water partition coefficient (Wildman–Crippen LogP) is 5.11. The van der Waals surface area contributed by atoms with Gasteiger partial charge in [0.25, 0.3) is 5.91 Å². The molecule has 0 radical (unpaired) electrons. The second-order valence-electron chi connectivity index (χ2n) is 6.92. The Hall–Kier alpha value is -3.24. The normalized spacial score (nSPS) is 13.2. The van der Waals surface area contributed by atoms with Crippen molar-refractivity contribution in [3.63, 3.8) is 0 Å². The molecule has 0 N–H and O–H groups in total. The molecular formula is C23H16ClN3O. The molecule has 1 aliphatic rings. The maximum Gasteiger partial charge on any atom is 0.273 e. The molecule has 1 amide bonds. The van der Waals surface area contributed by atoms with E-state index in [2.05, 4.69) is 34.2 Å². The number of aromatic nitrogens is 2. The summed E-state index contributed by atoms with van der Waals surface area (Å²) in [5, 5.41) is 2.90. The maximum absolute atomic E-state index is 12.5. The monoisotopic (exact) mass is 385 g/mol. The Labute approximate surface area is 167 Å². The molecule has 136 valence electrons. The lowest BCUT2D eigenvalue weighted by Gasteiger charge is -2.17. The first-order chi connectivity index (χ1) is 13.7. The van der Waals surface area contributed by atoms with Gasteiger partial charge in [-0.3, -0.25) is 14.8 Å². The third-order valence-corrected chi connectivity index (χ3v) is 5.48. The lowest BCUT2D eigenvalue weighted by Crippen LogP contribution is -2.23. The van der Waals surface area contributed by atoms with Gasteiger partial charge in [-0.25, -0.2) is 0 Å². The summed E-state index contributed by atoms with van der Waals surface area (Å²) in [5.74, 6) is -0.0427. The van der Waals surface area contributed by atoms with E-state index in [1.807, 2.05) is 36.5 Å². The lowest BCUT2D eigenvalue weighted by atomic mass is 10.0. The van der Waals surface area contributed by atoms with E-state index in [1.54, 1.807) is 17.3 Å². The lowest BCUT2D eigenvalue weighted by molar-refractivity contribution is 0.0762. The van der Waals surface area contributed by atoms with Crippen molar-refractivity contribution in [2.45, 2.75) is 13.1 Å². The van der Waals surface area contributed by atoms with Crippen molar-refractivity contribution in [2.75, 3.05) is 0 Å². The summed E-state index contributed by atoms with van der Waals surface area (Å²) in [6.07, 6.45) is 5.30. The second kappa shape index (κ2) is 6.73. The first-order valence-corrected chi connectivity index (χ1v) is 9.42. The number of hydrogen-bond donors (Lipinski definition) is 0. The van der Waals surface area contributed by atoms with Gasteiger partial charge in [-0.2, -0.15) is 0 Å². The highest BCUT2D eigenvalue weighted by Gasteiger charge is 2.28. The van der Waals surface area contributed by atoms with Gasteiger partial charge in [0.2, 0.25) is 0 Å². The molecule has 0 saturated heterocycles. The van der Waals surface area contributed by atoms with Gasteiger partial charge in [0.1, 0.15) is 5.69 Å². The van der Waals surface area contributed by atoms with Crippen LogP contribution in [0.2, 0.25) is 5.02 Å². The molecule has 3 heterocycles. The third kappa shape index (κ3) is 2.92. The minimum atomic E-state index is -0.0427. The Kier molecular flexibility index (Phi) is 4.06. The minimum absolute atomic E-state index is 0.0427. The van der Waals surface area contributed by atoms with Gasteiger partial charge < -0.3 is 4.90 Å². The molecule has 5 rings (SSSR count). The molecular weight excluding hydrogens is 370 g/mol. The standard InChI is InChI=1S/C23H16ClN3O/c24-21-11-16(15-3-5-18-12-25-9-7-17(18)10-15)4-6-19(21)13-27-14-20-2-1-8-26-22(20)23(27)28/h1-12H,13-14H2. The number of nitrogens with zero attached hydrogens (tertiary/aromatic N) is 3. The van der Waals surface area contributed by atoms with Crippen LogP contribution < -0.4 is 0 Å². The van der Waals surface area contributed by atoms with Crippen LogP contribution >= 0.6 is 11.6 Å². The highest BCUT2D eigenvalue weighted by Crippen LogP contribution is 2.30. The summed E-state index contributed by atoms with van der Waals surface area (Å²) < 4.78 is 0. The molecule has 0 spiro atoms. The first-order valence-electron chi connectivity index (χ1n) is 9.05. The summed E-state index contributed by atoms with van der Waals surface area (Å²) in [6, 6.07) is 18.1. The summed E-state index contributed by atoms with van der Waals surface area (Å²) in [6.45, 7) is 1.04. The van der Waals surface area contributed by atoms with Crippen molar-refractivity contribution in [2.24, 2.45) is 0 Å². The molecule has 0 aliphatic carbocycles. The highest BCUT2D eigenvalue weighted by atomic mass is 35.5. The summed E-state index contributed by atoms with van der Waals surface area (Å²) in [7, 11) is 0. The second-order valence-corrected chi connectivity index (χ2v) is 7.32. The van der Waals surface area contributed by atoms with Crippen molar-refractivity contribution in [1.29, 1.82) is 0 Å². The zero-order valence-corrected chi connectivity index (χ0v) is 15.7. The average molecular weight is 386 g/mol. The maximum atomic E-state index is 12.5. The highest BCUT2D eigenvalue weighted by molar-refractivity contribution is 6.31. The van der Waals surface area contributed by atoms with Crippen LogP contribution in [-0.2, 0) is 13.1 Å². The van der Waals surface area contributed by atoms with Gasteiger partial charge in [-0.1, -0.05) is 41.9 Å². The van der Waals surface area contributed by atoms with Crippen molar-refractivity contribution >= 4 is 28.3 Å². The number of fused-ring (bicyclic) bond motifs is 2. The largest absolute Gasteiger partial charge is 0.329 e. The number of hydrogen-bond acceptors (Lipinski definition) is 3. The van der Waals surface area contributed by atoms with Crippen molar-refractivity contribution in [1.82, 2.24) is 14.9 Å². The van der Waals surface area contributed by atoms with Gasteiger partial charge >= 0.3 is 0 Å². The summed E-state index contributed by atoms with van der Waals surface area (Å²) in [4.78, 5) is 22.7. The van der Waals surface area contributed by atoms with Crippen LogP contribution in [0, 0.1) is 0 Å². The van der Waals surface area contributed by atoms with Crippen LogP contribution in [0.15, 0.2) is 73.2 Å². The van der Waals surface area contributed by atoms with E-state index in [0.29, 0.717) is 23.8 Å². The van der Waals surface area contributed by atoms with E-state index < -0.39 is 0 Å². The molecule has 0 fully saturated rings. The van der Waals surface area contributed by atoms with Crippen LogP contribution in [0.25, 0.3) is 21.9 Å². The molecule has 1 aliphatic heterocycles. The van der Waals surface area contributed by atoms with Crippen molar-refractivity contribution in [3.8, 4) is 11.1 Å². The molecule has 4 nitrogen and oxygen atoms in total. The third-order valence-electron chi connectivity index (χ3n) is 5.13. The molecule has 2 aromatic heterocycles. The number of benzene rings is 2. The van der Waals surface area contributed by atoms with Gasteiger partial charge in [-0.05, 0) is 46.3 Å². The average Bonchev–Trinajstić information content (AvgIpc) is 3.05. The number of carbonyl (C=O) groups excluding carboxylic acids is 1. The van der Waals surface area contributed by atoms with Crippen LogP contribution in [-0.4, -0.2) is 20.8 Å². The van der Waals surface area contributed by atoms with Gasteiger partial charge in [0, 0.05) is 47.7 Å². The minimum Gasteiger partial charge on any atom is -0.329 e. The Morgan fingerprint density at radius 2 is 1.82 bits per heavy atom. The van der Waals surface area contributed by atoms with E-state index in [4.69, 9.17) is 11.6 Å². The van der Waals surface area contributed by atoms with E-state index in [9.17, 15) is 4.79 Å². The molecule has 4 aromatic rings. The number of rotatable bonds is 3. The van der Waals surface area contributed by atoms with E-state index in [0.717, 1.165) is 33.0 Å². The van der Waals surface area contributed by atoms with Gasteiger partial charge in [0.15, 0.2) is 0 Å². The Balaban J connectivity index is 1.41. The fraction of sp³-hybridized carbons (Fsp3) is 0.0870. The zero-order chi connectivity index (χ0) is 19.1. The first kappa shape index (κ1) is 16.9. The SMILES string of the molecule is O=C1c2ncccc2CN1Cc1ccc(-c2ccc3cnccc3c2)cc1Cl. The number of carbonyl (C=O) groups is 1. The van der Waals surface area contributed by atoms with Gasteiger partial charge in [0.05, 0.1) is 0 Å². The topological polar surface area (TPSA) is 46.1 Å². The van der Waals surface area contributed by atoms with E-state index in [1.165, 1.54) is 0 Å². The van der Waals surface area contributed by atoms with Crippen molar-refractivity contribution < 1.29 is 4.79 Å². The Morgan fingerprint density at radius 1 is 0.964 bits per heavy atom. The molecule has 0 unspecified atom stereocenters. The quantitative estimate of drug-likeness (QED) is 0.492. The molecule has 2 aromatic carbocycles. The fourth-order valence-electron chi connectivity index (χ4n) is 3.64. The zero-order valence-electron chi connectivity index (χ0n) is 15.0. The van der Waals surface area contributed by atoms with Crippen LogP contribution in [0.5, 0.6) is 0 Å². The molecule has 0 atom stereocenters. The van der Waals surface area contributed by atoms with Gasteiger partial charge in [-0.15, -0.1) is 0 Å². The number of amides is 1. The van der Waals surface area contributed by atoms with E-state index in [-0.39, 0.29) is 5.91 Å². The summed E-state index contributed by atoms with van der Waals surface area (Å²) >= 11 is 6.57. The molecule has 0 saturated carbocycles. The summed E-state index contributed by atoms with van der Waals surface area (Å²) in [5.41, 5.74) is 4.58. The van der Waals surface area contributed by atoms with Crippen LogP contribution in [0.1, 0.15) is 21.6 Å². The van der Waals surface area contributed by atoms with E-state index >= 15 is 0 Å². The number of halogens is 1. The smallest absolute Gasteiger partial charge is 0.273 e. The fourth-order valence-corrected chi connectivity index (χ4v) is 3.88.